The number of nitrogens with two attached hydrogens (primary N) is 1. The molecule has 0 radical (unpaired) electrons. The third-order valence-corrected chi connectivity index (χ3v) is 4.51. The molecule has 150 valence electrons. The Morgan fingerprint density at radius 1 is 1.46 bits per heavy atom. The Morgan fingerprint density at radius 3 is 2.96 bits per heavy atom. The van der Waals surface area contributed by atoms with Crippen LogP contribution in [0.15, 0.2) is 51.8 Å². The lowest BCUT2D eigenvalue weighted by Gasteiger charge is -2.08. The molecule has 0 saturated heterocycles. The SMILES string of the molecule is C=C(Cl)/N=C(/N)c1ncn(CCCCOC(=O)NCc2cccc(Br)c2)c1C. The average Bonchev–Trinajstić information content (AvgIpc) is 3.00. The molecule has 0 aliphatic carbocycles. The lowest BCUT2D eigenvalue weighted by molar-refractivity contribution is 0.143. The first kappa shape index (κ1) is 22.0. The zero-order chi connectivity index (χ0) is 20.5. The lowest BCUT2D eigenvalue weighted by Crippen LogP contribution is -2.24. The van der Waals surface area contributed by atoms with Crippen LogP contribution in [0.25, 0.3) is 0 Å². The number of carbonyl (C=O) groups excluding carboxylic acids is 1. The number of aliphatic imine (C=N–C) groups is 1. The number of nitrogens with one attached hydrogen (secondary N) is 1. The Balaban J connectivity index is 1.68. The van der Waals surface area contributed by atoms with E-state index in [0.29, 0.717) is 18.8 Å². The fraction of sp³-hybridized carbons (Fsp3) is 0.316. The van der Waals surface area contributed by atoms with Crippen molar-refractivity contribution in [2.45, 2.75) is 32.9 Å². The maximum atomic E-state index is 11.7. The minimum atomic E-state index is -0.425. The molecule has 0 aliphatic rings. The predicted octanol–water partition coefficient (Wildman–Crippen LogP) is 4.08. The molecule has 0 spiro atoms. The highest BCUT2D eigenvalue weighted by Gasteiger charge is 2.10. The van der Waals surface area contributed by atoms with Crippen LogP contribution in [0, 0.1) is 6.92 Å². The number of benzene rings is 1. The second kappa shape index (κ2) is 10.9. The minimum absolute atomic E-state index is 0.113. The maximum Gasteiger partial charge on any atom is 0.407 e. The molecule has 0 aliphatic heterocycles. The van der Waals surface area contributed by atoms with Crippen LogP contribution in [0.5, 0.6) is 0 Å². The number of amidine groups is 1. The third kappa shape index (κ3) is 7.01. The van der Waals surface area contributed by atoms with Gasteiger partial charge in [-0.15, -0.1) is 0 Å². The quantitative estimate of drug-likeness (QED) is 0.251. The van der Waals surface area contributed by atoms with Gasteiger partial charge in [0.1, 0.15) is 10.9 Å². The summed E-state index contributed by atoms with van der Waals surface area (Å²) in [4.78, 5) is 19.9. The first-order valence-corrected chi connectivity index (χ1v) is 9.89. The van der Waals surface area contributed by atoms with Crippen LogP contribution in [0.1, 0.15) is 29.8 Å². The number of unbranched alkanes of at least 4 members (excludes halogenated alkanes) is 1. The molecule has 9 heteroatoms. The van der Waals surface area contributed by atoms with Crippen molar-refractivity contribution in [1.29, 1.82) is 0 Å². The fourth-order valence-electron chi connectivity index (χ4n) is 2.53. The van der Waals surface area contributed by atoms with Gasteiger partial charge in [0.05, 0.1) is 12.9 Å². The Labute approximate surface area is 177 Å². The number of alkyl carbamates (subject to hydrolysis) is 1. The van der Waals surface area contributed by atoms with Gasteiger partial charge in [-0.3, -0.25) is 0 Å². The van der Waals surface area contributed by atoms with Crippen molar-refractivity contribution < 1.29 is 9.53 Å². The Bertz CT molecular complexity index is 866. The molecule has 28 heavy (non-hydrogen) atoms. The largest absolute Gasteiger partial charge is 0.450 e. The van der Waals surface area contributed by atoms with Gasteiger partial charge in [-0.2, -0.15) is 0 Å². The molecule has 1 heterocycles. The van der Waals surface area contributed by atoms with Gasteiger partial charge in [-0.1, -0.05) is 46.2 Å². The first-order valence-electron chi connectivity index (χ1n) is 8.72. The summed E-state index contributed by atoms with van der Waals surface area (Å²) in [6, 6.07) is 7.74. The number of aromatic nitrogens is 2. The summed E-state index contributed by atoms with van der Waals surface area (Å²) in [5.41, 5.74) is 8.34. The lowest BCUT2D eigenvalue weighted by atomic mass is 10.2. The van der Waals surface area contributed by atoms with Crippen LogP contribution < -0.4 is 11.1 Å². The molecule has 3 N–H and O–H groups in total. The second-order valence-corrected chi connectivity index (χ2v) is 7.42. The normalized spacial score (nSPS) is 11.3. The predicted molar refractivity (Wildman–Crippen MR) is 114 cm³/mol. The van der Waals surface area contributed by atoms with Crippen LogP contribution in [0.4, 0.5) is 4.79 Å². The molecule has 0 bridgehead atoms. The molecule has 0 atom stereocenters. The van der Waals surface area contributed by atoms with Gasteiger partial charge in [-0.05, 0) is 37.5 Å². The van der Waals surface area contributed by atoms with E-state index in [1.54, 1.807) is 6.33 Å². The van der Waals surface area contributed by atoms with E-state index in [0.717, 1.165) is 35.1 Å². The van der Waals surface area contributed by atoms with E-state index in [2.05, 4.69) is 37.8 Å². The van der Waals surface area contributed by atoms with E-state index in [4.69, 9.17) is 22.1 Å². The van der Waals surface area contributed by atoms with E-state index >= 15 is 0 Å². The highest BCUT2D eigenvalue weighted by molar-refractivity contribution is 9.10. The molecule has 1 aromatic carbocycles. The van der Waals surface area contributed by atoms with Crippen molar-refractivity contribution in [3.05, 3.63) is 63.8 Å². The molecule has 2 rings (SSSR count). The van der Waals surface area contributed by atoms with Gasteiger partial charge in [0, 0.05) is 23.3 Å². The number of hydrogen-bond donors (Lipinski definition) is 2. The van der Waals surface area contributed by atoms with Gasteiger partial charge in [-0.25, -0.2) is 14.8 Å². The molecular weight excluding hydrogens is 446 g/mol. The van der Waals surface area contributed by atoms with Crippen LogP contribution in [-0.2, 0) is 17.8 Å². The van der Waals surface area contributed by atoms with E-state index < -0.39 is 6.09 Å². The number of rotatable bonds is 9. The molecule has 0 unspecified atom stereocenters. The minimum Gasteiger partial charge on any atom is -0.450 e. The number of imidazole rings is 1. The third-order valence-electron chi connectivity index (χ3n) is 3.94. The number of amides is 1. The monoisotopic (exact) mass is 467 g/mol. The highest BCUT2D eigenvalue weighted by Crippen LogP contribution is 2.12. The Hall–Kier alpha value is -2.32. The topological polar surface area (TPSA) is 94.5 Å². The average molecular weight is 469 g/mol. The van der Waals surface area contributed by atoms with Crippen LogP contribution in [0.2, 0.25) is 0 Å². The van der Waals surface area contributed by atoms with Crippen LogP contribution in [0.3, 0.4) is 0 Å². The van der Waals surface area contributed by atoms with Gasteiger partial charge >= 0.3 is 6.09 Å². The first-order chi connectivity index (χ1) is 13.4. The second-order valence-electron chi connectivity index (χ2n) is 6.07. The summed E-state index contributed by atoms with van der Waals surface area (Å²) < 4.78 is 8.14. The highest BCUT2D eigenvalue weighted by atomic mass is 79.9. The number of carbonyl (C=O) groups is 1. The number of aryl methyl sites for hydroxylation is 1. The van der Waals surface area contributed by atoms with Gasteiger partial charge in [0.25, 0.3) is 0 Å². The summed E-state index contributed by atoms with van der Waals surface area (Å²) in [6.07, 6.45) is 2.84. The summed E-state index contributed by atoms with van der Waals surface area (Å²) in [6.45, 7) is 6.90. The number of nitrogens with zero attached hydrogens (tertiary/aromatic N) is 3. The summed E-state index contributed by atoms with van der Waals surface area (Å²) in [5, 5.41) is 2.85. The number of hydrogen-bond acceptors (Lipinski definition) is 4. The zero-order valence-electron chi connectivity index (χ0n) is 15.6. The van der Waals surface area contributed by atoms with Gasteiger partial charge in [0.2, 0.25) is 0 Å². The van der Waals surface area contributed by atoms with E-state index in [-0.39, 0.29) is 11.0 Å². The molecular formula is C19H23BrClN5O2. The molecule has 0 fully saturated rings. The fourth-order valence-corrected chi connectivity index (χ4v) is 3.06. The van der Waals surface area contributed by atoms with Gasteiger partial charge < -0.3 is 20.4 Å². The van der Waals surface area contributed by atoms with Crippen molar-refractivity contribution in [2.75, 3.05) is 6.61 Å². The van der Waals surface area contributed by atoms with E-state index in [9.17, 15) is 4.79 Å². The number of ether oxygens (including phenoxy) is 1. The Morgan fingerprint density at radius 2 is 2.25 bits per heavy atom. The molecule has 7 nitrogen and oxygen atoms in total. The van der Waals surface area contributed by atoms with E-state index in [1.165, 1.54) is 0 Å². The van der Waals surface area contributed by atoms with Crippen LogP contribution >= 0.6 is 27.5 Å². The van der Waals surface area contributed by atoms with E-state index in [1.807, 2.05) is 35.8 Å². The van der Waals surface area contributed by atoms with Crippen molar-refractivity contribution in [3.8, 4) is 0 Å². The summed E-state index contributed by atoms with van der Waals surface area (Å²) in [7, 11) is 0. The molecule has 1 amide bonds. The van der Waals surface area contributed by atoms with Gasteiger partial charge in [0.15, 0.2) is 5.84 Å². The number of halogens is 2. The zero-order valence-corrected chi connectivity index (χ0v) is 18.0. The summed E-state index contributed by atoms with van der Waals surface area (Å²) >= 11 is 9.04. The molecule has 2 aromatic rings. The Kier molecular flexibility index (Phi) is 8.53. The molecule has 0 saturated carbocycles. The van der Waals surface area contributed by atoms with Crippen molar-refractivity contribution in [2.24, 2.45) is 10.7 Å². The van der Waals surface area contributed by atoms with Crippen molar-refractivity contribution >= 4 is 39.5 Å². The van der Waals surface area contributed by atoms with Crippen LogP contribution in [-0.4, -0.2) is 28.1 Å². The molecule has 1 aromatic heterocycles. The van der Waals surface area contributed by atoms with Crippen molar-refractivity contribution in [3.63, 3.8) is 0 Å². The smallest absolute Gasteiger partial charge is 0.407 e. The standard InChI is InChI=1S/C19H23BrClN5O2/c1-13-17(18(22)25-14(2)21)24-12-26(13)8-3-4-9-28-19(27)23-11-15-6-5-7-16(20)10-15/h5-7,10,12H,2-4,8-9,11H2,1H3,(H2,22,25)(H,23,27). The van der Waals surface area contributed by atoms with Crippen molar-refractivity contribution in [1.82, 2.24) is 14.9 Å². The maximum absolute atomic E-state index is 11.7. The summed E-state index contributed by atoms with van der Waals surface area (Å²) in [5.74, 6) is 0.238.